The van der Waals surface area contributed by atoms with Crippen LogP contribution >= 0.6 is 0 Å². The lowest BCUT2D eigenvalue weighted by atomic mass is 10.2. The Morgan fingerprint density at radius 2 is 2.36 bits per heavy atom. The Balaban J connectivity index is 2.19. The quantitative estimate of drug-likeness (QED) is 0.655. The molecule has 0 aromatic rings. The van der Waals surface area contributed by atoms with Gasteiger partial charge in [-0.1, -0.05) is 0 Å². The van der Waals surface area contributed by atoms with Crippen molar-refractivity contribution in [3.05, 3.63) is 0 Å². The van der Waals surface area contributed by atoms with Crippen LogP contribution in [0.4, 0.5) is 0 Å². The van der Waals surface area contributed by atoms with E-state index < -0.39 is 0 Å². The third-order valence-corrected chi connectivity index (χ3v) is 1.71. The molecule has 1 rings (SSSR count). The molecule has 11 heavy (non-hydrogen) atoms. The van der Waals surface area contributed by atoms with Crippen molar-refractivity contribution >= 4 is 0 Å². The topological polar surface area (TPSA) is 38.7 Å². The summed E-state index contributed by atoms with van der Waals surface area (Å²) in [6, 6.07) is 0. The first kappa shape index (κ1) is 8.97. The number of rotatable bonds is 3. The Labute approximate surface area is 67.3 Å². The van der Waals surface area contributed by atoms with Crippen LogP contribution in [0, 0.1) is 0 Å². The van der Waals surface area contributed by atoms with Crippen molar-refractivity contribution in [1.29, 1.82) is 0 Å². The number of hydrogen-bond donors (Lipinski definition) is 1. The van der Waals surface area contributed by atoms with Crippen LogP contribution in [0.25, 0.3) is 0 Å². The zero-order valence-electron chi connectivity index (χ0n) is 7.12. The molecule has 1 aliphatic heterocycles. The van der Waals surface area contributed by atoms with Gasteiger partial charge in [-0.2, -0.15) is 0 Å². The van der Waals surface area contributed by atoms with Crippen LogP contribution in [0.3, 0.4) is 0 Å². The second kappa shape index (κ2) is 4.04. The highest BCUT2D eigenvalue weighted by Crippen LogP contribution is 2.16. The van der Waals surface area contributed by atoms with Crippen LogP contribution < -0.4 is 0 Å². The number of hydrogen-bond acceptors (Lipinski definition) is 3. The summed E-state index contributed by atoms with van der Waals surface area (Å²) in [6.45, 7) is 4.75. The normalized spacial score (nSPS) is 31.6. The highest BCUT2D eigenvalue weighted by molar-refractivity contribution is 4.73. The van der Waals surface area contributed by atoms with Crippen molar-refractivity contribution in [1.82, 2.24) is 0 Å². The fourth-order valence-corrected chi connectivity index (χ4v) is 1.28. The summed E-state index contributed by atoms with van der Waals surface area (Å²) in [5.41, 5.74) is 0. The highest BCUT2D eigenvalue weighted by atomic mass is 16.6. The first-order valence-electron chi connectivity index (χ1n) is 4.10. The monoisotopic (exact) mass is 160 g/mol. The number of aliphatic hydroxyl groups excluding tert-OH is 1. The van der Waals surface area contributed by atoms with Gasteiger partial charge in [-0.15, -0.1) is 0 Å². The average Bonchev–Trinajstić information content (AvgIpc) is 2.34. The average molecular weight is 160 g/mol. The van der Waals surface area contributed by atoms with Gasteiger partial charge in [0.2, 0.25) is 0 Å². The van der Waals surface area contributed by atoms with E-state index in [0.29, 0.717) is 6.61 Å². The maximum absolute atomic E-state index is 8.74. The molecule has 1 N–H and O–H groups in total. The van der Waals surface area contributed by atoms with Crippen molar-refractivity contribution in [3.8, 4) is 0 Å². The first-order chi connectivity index (χ1) is 5.22. The largest absolute Gasteiger partial charge is 0.394 e. The second-order valence-corrected chi connectivity index (χ2v) is 3.18. The van der Waals surface area contributed by atoms with E-state index in [-0.39, 0.29) is 24.9 Å². The van der Waals surface area contributed by atoms with E-state index in [1.165, 1.54) is 0 Å². The highest BCUT2D eigenvalue weighted by Gasteiger charge is 2.25. The summed E-state index contributed by atoms with van der Waals surface area (Å²) < 4.78 is 10.7. The summed E-state index contributed by atoms with van der Waals surface area (Å²) >= 11 is 0. The Hall–Kier alpha value is -0.120. The fourth-order valence-electron chi connectivity index (χ4n) is 1.28. The van der Waals surface area contributed by atoms with Crippen LogP contribution in [-0.4, -0.2) is 36.6 Å². The molecule has 0 amide bonds. The molecule has 0 radical (unpaired) electrons. The number of aliphatic hydroxyl groups is 1. The Kier molecular flexibility index (Phi) is 3.30. The molecule has 1 aliphatic rings. The fraction of sp³-hybridized carbons (Fsp3) is 1.00. The molecule has 0 aromatic heterocycles. The molecular weight excluding hydrogens is 144 g/mol. The lowest BCUT2D eigenvalue weighted by molar-refractivity contribution is -0.00104. The van der Waals surface area contributed by atoms with Gasteiger partial charge in [0, 0.05) is 6.42 Å². The van der Waals surface area contributed by atoms with E-state index >= 15 is 0 Å². The molecule has 0 spiro atoms. The van der Waals surface area contributed by atoms with Crippen molar-refractivity contribution in [3.63, 3.8) is 0 Å². The van der Waals surface area contributed by atoms with Gasteiger partial charge in [-0.3, -0.25) is 0 Å². The Morgan fingerprint density at radius 1 is 1.64 bits per heavy atom. The Morgan fingerprint density at radius 3 is 2.82 bits per heavy atom. The van der Waals surface area contributed by atoms with E-state index in [2.05, 4.69) is 0 Å². The van der Waals surface area contributed by atoms with Gasteiger partial charge in [0.15, 0.2) is 0 Å². The van der Waals surface area contributed by atoms with Crippen LogP contribution in [0.5, 0.6) is 0 Å². The number of ether oxygens (including phenoxy) is 2. The zero-order valence-corrected chi connectivity index (χ0v) is 7.12. The lowest BCUT2D eigenvalue weighted by Gasteiger charge is -2.12. The van der Waals surface area contributed by atoms with Gasteiger partial charge < -0.3 is 14.6 Å². The maximum Gasteiger partial charge on any atom is 0.0837 e. The first-order valence-corrected chi connectivity index (χ1v) is 4.10. The molecule has 0 saturated carbocycles. The van der Waals surface area contributed by atoms with Crippen LogP contribution in [-0.2, 0) is 9.47 Å². The van der Waals surface area contributed by atoms with Crippen molar-refractivity contribution in [2.75, 3.05) is 13.2 Å². The van der Waals surface area contributed by atoms with Crippen molar-refractivity contribution < 1.29 is 14.6 Å². The van der Waals surface area contributed by atoms with E-state index in [1.54, 1.807) is 0 Å². The molecule has 0 bridgehead atoms. The maximum atomic E-state index is 8.74. The predicted molar refractivity (Wildman–Crippen MR) is 41.5 cm³/mol. The van der Waals surface area contributed by atoms with Crippen molar-refractivity contribution in [2.24, 2.45) is 0 Å². The predicted octanol–water partition coefficient (Wildman–Crippen LogP) is 0.561. The molecule has 1 heterocycles. The molecule has 66 valence electrons. The third kappa shape index (κ3) is 2.77. The summed E-state index contributed by atoms with van der Waals surface area (Å²) in [5, 5.41) is 8.74. The molecule has 1 saturated heterocycles. The van der Waals surface area contributed by atoms with Crippen molar-refractivity contribution in [2.45, 2.75) is 38.6 Å². The van der Waals surface area contributed by atoms with Gasteiger partial charge in [0.1, 0.15) is 0 Å². The minimum absolute atomic E-state index is 0.00116. The summed E-state index contributed by atoms with van der Waals surface area (Å²) in [4.78, 5) is 0. The molecule has 0 unspecified atom stereocenters. The molecule has 2 atom stereocenters. The molecule has 0 aliphatic carbocycles. The van der Waals surface area contributed by atoms with Gasteiger partial charge in [-0.05, 0) is 13.8 Å². The minimum Gasteiger partial charge on any atom is -0.394 e. The molecular formula is C8H16O3. The van der Waals surface area contributed by atoms with E-state index in [1.807, 2.05) is 13.8 Å². The third-order valence-electron chi connectivity index (χ3n) is 1.71. The summed E-state index contributed by atoms with van der Waals surface area (Å²) in [7, 11) is 0. The van der Waals surface area contributed by atoms with Gasteiger partial charge >= 0.3 is 0 Å². The van der Waals surface area contributed by atoms with Crippen LogP contribution in [0.2, 0.25) is 0 Å². The smallest absolute Gasteiger partial charge is 0.0837 e. The SMILES string of the molecule is CC(C)O[C@@H]1CO[C@H](CO)C1. The molecule has 0 aromatic carbocycles. The summed E-state index contributed by atoms with van der Waals surface area (Å²) in [5.74, 6) is 0. The second-order valence-electron chi connectivity index (χ2n) is 3.18. The van der Waals surface area contributed by atoms with Gasteiger partial charge in [-0.25, -0.2) is 0 Å². The molecule has 3 nitrogen and oxygen atoms in total. The van der Waals surface area contributed by atoms with E-state index in [4.69, 9.17) is 14.6 Å². The molecule has 3 heteroatoms. The zero-order chi connectivity index (χ0) is 8.27. The van der Waals surface area contributed by atoms with E-state index in [9.17, 15) is 0 Å². The standard InChI is InChI=1S/C8H16O3/c1-6(2)11-8-3-7(4-9)10-5-8/h6-9H,3-5H2,1-2H3/t7-,8-/m0/s1. The van der Waals surface area contributed by atoms with Gasteiger partial charge in [0.25, 0.3) is 0 Å². The van der Waals surface area contributed by atoms with E-state index in [0.717, 1.165) is 6.42 Å². The lowest BCUT2D eigenvalue weighted by Crippen LogP contribution is -2.18. The summed E-state index contributed by atoms with van der Waals surface area (Å²) in [6.07, 6.45) is 1.27. The van der Waals surface area contributed by atoms with Crippen LogP contribution in [0.1, 0.15) is 20.3 Å². The van der Waals surface area contributed by atoms with Gasteiger partial charge in [0.05, 0.1) is 31.5 Å². The van der Waals surface area contributed by atoms with Crippen LogP contribution in [0.15, 0.2) is 0 Å². The molecule has 1 fully saturated rings. The Bertz CT molecular complexity index is 114. The minimum atomic E-state index is -0.00116.